The fourth-order valence-electron chi connectivity index (χ4n) is 3.45. The highest BCUT2D eigenvalue weighted by atomic mass is 32.2. The van der Waals surface area contributed by atoms with E-state index in [4.69, 9.17) is 0 Å². The topological polar surface area (TPSA) is 98.1 Å². The molecule has 2 heterocycles. The van der Waals surface area contributed by atoms with Gasteiger partial charge in [0, 0.05) is 11.6 Å². The van der Waals surface area contributed by atoms with Crippen LogP contribution in [-0.2, 0) is 19.9 Å². The van der Waals surface area contributed by atoms with Gasteiger partial charge in [0.05, 0.1) is 28.1 Å². The number of benzene rings is 2. The lowest BCUT2D eigenvalue weighted by Crippen LogP contribution is -2.20. The summed E-state index contributed by atoms with van der Waals surface area (Å²) < 4.78 is 67.2. The highest BCUT2D eigenvalue weighted by molar-refractivity contribution is 7.92. The van der Waals surface area contributed by atoms with Crippen molar-refractivity contribution < 1.29 is 21.2 Å². The monoisotopic (exact) mass is 449 g/mol. The highest BCUT2D eigenvalue weighted by Crippen LogP contribution is 2.31. The summed E-state index contributed by atoms with van der Waals surface area (Å²) in [5, 5.41) is 4.50. The maximum absolute atomic E-state index is 13.6. The number of aryl methyl sites for hydroxylation is 1. The molecule has 7 nitrogen and oxygen atoms in total. The summed E-state index contributed by atoms with van der Waals surface area (Å²) in [6.07, 6.45) is 0.350. The number of anilines is 1. The fraction of sp³-hybridized carbons (Fsp3) is 0.250. The number of hydrogen-bond donors (Lipinski definition) is 1. The summed E-state index contributed by atoms with van der Waals surface area (Å²) in [4.78, 5) is -0.0885. The lowest BCUT2D eigenvalue weighted by molar-refractivity contribution is 0.507. The van der Waals surface area contributed by atoms with E-state index in [0.717, 1.165) is 11.6 Å². The molecule has 30 heavy (non-hydrogen) atoms. The van der Waals surface area contributed by atoms with Crippen LogP contribution in [0.4, 0.5) is 10.2 Å². The van der Waals surface area contributed by atoms with Gasteiger partial charge in [-0.05, 0) is 37.1 Å². The van der Waals surface area contributed by atoms with Gasteiger partial charge >= 0.3 is 0 Å². The van der Waals surface area contributed by atoms with Gasteiger partial charge in [-0.2, -0.15) is 5.10 Å². The van der Waals surface area contributed by atoms with Crippen LogP contribution in [0.3, 0.4) is 0 Å². The second-order valence-electron chi connectivity index (χ2n) is 7.30. The molecule has 1 N–H and O–H groups in total. The predicted octanol–water partition coefficient (Wildman–Crippen LogP) is 3.16. The summed E-state index contributed by atoms with van der Waals surface area (Å²) in [6.45, 7) is 1.48. The maximum Gasteiger partial charge on any atom is 0.263 e. The van der Waals surface area contributed by atoms with Crippen molar-refractivity contribution in [3.05, 3.63) is 66.0 Å². The van der Waals surface area contributed by atoms with Gasteiger partial charge in [0.2, 0.25) is 0 Å². The summed E-state index contributed by atoms with van der Waals surface area (Å²) in [5.41, 5.74) is 1.50. The number of nitrogens with one attached hydrogen (secondary N) is 1. The van der Waals surface area contributed by atoms with E-state index in [-0.39, 0.29) is 27.8 Å². The maximum atomic E-state index is 13.6. The standard InChI is InChI=1S/C20H20FN3O4S2/c1-14-11-17(7-8-18(14)21)30(27,28)23-20-12-19(15-5-3-2-4-6-15)22-24(20)16-9-10-29(25,26)13-16/h2-8,11-12,16,23H,9-10,13H2,1H3. The molecule has 4 rings (SSSR count). The minimum Gasteiger partial charge on any atom is -0.264 e. The Morgan fingerprint density at radius 3 is 2.50 bits per heavy atom. The third-order valence-electron chi connectivity index (χ3n) is 5.04. The van der Waals surface area contributed by atoms with Gasteiger partial charge in [0.15, 0.2) is 9.84 Å². The molecule has 10 heteroatoms. The van der Waals surface area contributed by atoms with Crippen molar-refractivity contribution in [2.24, 2.45) is 0 Å². The smallest absolute Gasteiger partial charge is 0.263 e. The number of nitrogens with zero attached hydrogens (tertiary/aromatic N) is 2. The number of aromatic nitrogens is 2. The van der Waals surface area contributed by atoms with Crippen LogP contribution in [0.25, 0.3) is 11.3 Å². The molecule has 1 fully saturated rings. The summed E-state index contributed by atoms with van der Waals surface area (Å²) in [5.74, 6) is -0.408. The summed E-state index contributed by atoms with van der Waals surface area (Å²) in [7, 11) is -7.23. The zero-order chi connectivity index (χ0) is 21.5. The SMILES string of the molecule is Cc1cc(S(=O)(=O)Nc2cc(-c3ccccc3)nn2C2CCS(=O)(=O)C2)ccc1F. The van der Waals surface area contributed by atoms with Crippen molar-refractivity contribution in [1.82, 2.24) is 9.78 Å². The minimum atomic E-state index is -4.03. The lowest BCUT2D eigenvalue weighted by Gasteiger charge is -2.15. The van der Waals surface area contributed by atoms with Crippen molar-refractivity contribution in [2.75, 3.05) is 16.2 Å². The largest absolute Gasteiger partial charge is 0.264 e. The van der Waals surface area contributed by atoms with Crippen LogP contribution < -0.4 is 4.72 Å². The van der Waals surface area contributed by atoms with Crippen LogP contribution in [0.2, 0.25) is 0 Å². The Bertz CT molecular complexity index is 1300. The Hall–Kier alpha value is -2.72. The zero-order valence-electron chi connectivity index (χ0n) is 16.1. The van der Waals surface area contributed by atoms with Gasteiger partial charge < -0.3 is 0 Å². The van der Waals surface area contributed by atoms with E-state index in [0.29, 0.717) is 12.1 Å². The molecule has 0 radical (unpaired) electrons. The molecule has 1 saturated heterocycles. The van der Waals surface area contributed by atoms with Gasteiger partial charge in [-0.15, -0.1) is 0 Å². The van der Waals surface area contributed by atoms with E-state index in [1.54, 1.807) is 6.07 Å². The van der Waals surface area contributed by atoms with Crippen LogP contribution in [0, 0.1) is 12.7 Å². The van der Waals surface area contributed by atoms with Gasteiger partial charge in [-0.25, -0.2) is 25.9 Å². The zero-order valence-corrected chi connectivity index (χ0v) is 17.7. The Morgan fingerprint density at radius 2 is 1.87 bits per heavy atom. The fourth-order valence-corrected chi connectivity index (χ4v) is 6.26. The molecule has 2 aromatic carbocycles. The summed E-state index contributed by atoms with van der Waals surface area (Å²) >= 11 is 0. The van der Waals surface area contributed by atoms with E-state index in [9.17, 15) is 21.2 Å². The molecule has 3 aromatic rings. The van der Waals surface area contributed by atoms with Gasteiger partial charge in [0.1, 0.15) is 11.6 Å². The van der Waals surface area contributed by atoms with E-state index in [1.165, 1.54) is 23.7 Å². The first-order valence-electron chi connectivity index (χ1n) is 9.29. The second kappa shape index (κ2) is 7.51. The Morgan fingerprint density at radius 1 is 1.13 bits per heavy atom. The van der Waals surface area contributed by atoms with Crippen LogP contribution in [0.5, 0.6) is 0 Å². The Labute approximate surface area is 174 Å². The van der Waals surface area contributed by atoms with Gasteiger partial charge in [-0.3, -0.25) is 4.72 Å². The lowest BCUT2D eigenvalue weighted by atomic mass is 10.2. The molecule has 1 atom stereocenters. The summed E-state index contributed by atoms with van der Waals surface area (Å²) in [6, 6.07) is 13.8. The van der Waals surface area contributed by atoms with Crippen LogP contribution in [-0.4, -0.2) is 38.1 Å². The predicted molar refractivity (Wildman–Crippen MR) is 112 cm³/mol. The highest BCUT2D eigenvalue weighted by Gasteiger charge is 2.32. The number of halogens is 1. The first-order valence-corrected chi connectivity index (χ1v) is 12.6. The van der Waals surface area contributed by atoms with Crippen molar-refractivity contribution in [2.45, 2.75) is 24.3 Å². The van der Waals surface area contributed by atoms with E-state index in [2.05, 4.69) is 9.82 Å². The quantitative estimate of drug-likeness (QED) is 0.645. The van der Waals surface area contributed by atoms with E-state index >= 15 is 0 Å². The molecule has 0 aliphatic carbocycles. The number of hydrogen-bond acceptors (Lipinski definition) is 5. The van der Waals surface area contributed by atoms with Crippen LogP contribution in [0.15, 0.2) is 59.5 Å². The second-order valence-corrected chi connectivity index (χ2v) is 11.2. The third-order valence-corrected chi connectivity index (χ3v) is 8.14. The van der Waals surface area contributed by atoms with Gasteiger partial charge in [-0.1, -0.05) is 30.3 Å². The molecule has 0 spiro atoms. The van der Waals surface area contributed by atoms with Crippen molar-refractivity contribution in [3.63, 3.8) is 0 Å². The average molecular weight is 450 g/mol. The normalized spacial score (nSPS) is 18.4. The molecule has 1 aliphatic rings. The molecular formula is C20H20FN3O4S2. The van der Waals surface area contributed by atoms with Crippen LogP contribution in [0.1, 0.15) is 18.0 Å². The third kappa shape index (κ3) is 4.10. The molecule has 0 amide bonds. The number of sulfone groups is 1. The Balaban J connectivity index is 1.75. The average Bonchev–Trinajstić information content (AvgIpc) is 3.27. The van der Waals surface area contributed by atoms with Crippen LogP contribution >= 0.6 is 0 Å². The first-order chi connectivity index (χ1) is 14.1. The van der Waals surface area contributed by atoms with Crippen molar-refractivity contribution >= 4 is 25.7 Å². The molecule has 1 aromatic heterocycles. The molecule has 1 aliphatic heterocycles. The number of sulfonamides is 1. The molecule has 1 unspecified atom stereocenters. The minimum absolute atomic E-state index is 0.0293. The van der Waals surface area contributed by atoms with E-state index < -0.39 is 31.7 Å². The van der Waals surface area contributed by atoms with Gasteiger partial charge in [0.25, 0.3) is 10.0 Å². The van der Waals surface area contributed by atoms with Crippen molar-refractivity contribution in [1.29, 1.82) is 0 Å². The van der Waals surface area contributed by atoms with E-state index in [1.807, 2.05) is 30.3 Å². The molecular weight excluding hydrogens is 429 g/mol. The Kier molecular flexibility index (Phi) is 5.15. The number of rotatable bonds is 5. The molecule has 0 bridgehead atoms. The molecule has 0 saturated carbocycles. The van der Waals surface area contributed by atoms with Crippen molar-refractivity contribution in [3.8, 4) is 11.3 Å². The molecule has 158 valence electrons. The first kappa shape index (κ1) is 20.5.